The summed E-state index contributed by atoms with van der Waals surface area (Å²) in [5.41, 5.74) is 5.68. The molecule has 2 aliphatic rings. The van der Waals surface area contributed by atoms with Gasteiger partial charge in [-0.25, -0.2) is 4.79 Å². The zero-order chi connectivity index (χ0) is 18.3. The molecule has 132 valence electrons. The number of aliphatic hydroxyl groups is 1. The maximum absolute atomic E-state index is 11.8. The lowest BCUT2D eigenvalue weighted by Gasteiger charge is -2.40. The van der Waals surface area contributed by atoms with Gasteiger partial charge in [-0.3, -0.25) is 4.79 Å². The lowest BCUT2D eigenvalue weighted by atomic mass is 9.95. The van der Waals surface area contributed by atoms with E-state index >= 15 is 0 Å². The van der Waals surface area contributed by atoms with Crippen LogP contribution in [0.5, 0.6) is 11.5 Å². The minimum absolute atomic E-state index is 0.0380. The fourth-order valence-electron chi connectivity index (χ4n) is 2.95. The fraction of sp³-hybridized carbons (Fsp3) is 0.500. The van der Waals surface area contributed by atoms with E-state index in [-0.39, 0.29) is 47.8 Å². The van der Waals surface area contributed by atoms with Crippen molar-refractivity contribution in [1.82, 2.24) is 4.90 Å². The van der Waals surface area contributed by atoms with Gasteiger partial charge in [-0.15, -0.1) is 0 Å². The van der Waals surface area contributed by atoms with Crippen LogP contribution >= 0.6 is 0 Å². The number of carbonyl (C=O) groups excluding carboxylic acids is 1. The van der Waals surface area contributed by atoms with Crippen molar-refractivity contribution in [3.8, 4) is 11.5 Å². The molecule has 1 saturated carbocycles. The summed E-state index contributed by atoms with van der Waals surface area (Å²) in [5.74, 6) is -2.06. The second-order valence-corrected chi connectivity index (χ2v) is 6.46. The molecule has 2 radical (unpaired) electrons. The maximum atomic E-state index is 11.8. The van der Waals surface area contributed by atoms with E-state index in [1.807, 2.05) is 0 Å². The van der Waals surface area contributed by atoms with Crippen molar-refractivity contribution >= 4 is 19.7 Å². The number of likely N-dealkylation sites (tertiary alicyclic amines) is 1. The molecule has 2 fully saturated rings. The Morgan fingerprint density at radius 2 is 2.04 bits per heavy atom. The summed E-state index contributed by atoms with van der Waals surface area (Å²) < 4.78 is 5.63. The summed E-state index contributed by atoms with van der Waals surface area (Å²) in [6, 6.07) is 2.16. The number of amides is 1. The number of aromatic carboxylic acids is 1. The number of rotatable bonds is 6. The molecule has 1 saturated heterocycles. The van der Waals surface area contributed by atoms with Crippen molar-refractivity contribution in [2.75, 3.05) is 19.7 Å². The number of ether oxygens (including phenoxy) is 1. The Morgan fingerprint density at radius 1 is 1.40 bits per heavy atom. The van der Waals surface area contributed by atoms with Crippen LogP contribution in [0.1, 0.15) is 28.3 Å². The van der Waals surface area contributed by atoms with Gasteiger partial charge in [0.15, 0.2) is 0 Å². The van der Waals surface area contributed by atoms with E-state index in [0.29, 0.717) is 12.0 Å². The Morgan fingerprint density at radius 3 is 2.56 bits per heavy atom. The number of carbonyl (C=O) groups is 2. The molecule has 3 rings (SSSR count). The lowest BCUT2D eigenvalue weighted by molar-refractivity contribution is -0.142. The van der Waals surface area contributed by atoms with E-state index in [9.17, 15) is 19.8 Å². The van der Waals surface area contributed by atoms with Crippen LogP contribution in [0, 0.1) is 0 Å². The largest absolute Gasteiger partial charge is 0.507 e. The summed E-state index contributed by atoms with van der Waals surface area (Å²) in [4.78, 5) is 24.7. The average molecular weight is 346 g/mol. The highest BCUT2D eigenvalue weighted by atomic mass is 16.5. The van der Waals surface area contributed by atoms with Gasteiger partial charge in [0.25, 0.3) is 0 Å². The van der Waals surface area contributed by atoms with Gasteiger partial charge in [-0.2, -0.15) is 0 Å². The highest BCUT2D eigenvalue weighted by molar-refractivity contribution is 6.14. The van der Waals surface area contributed by atoms with Gasteiger partial charge in [0.2, 0.25) is 5.91 Å². The number of nitrogens with zero attached hydrogens (tertiary/aromatic N) is 1. The van der Waals surface area contributed by atoms with E-state index in [0.717, 1.165) is 0 Å². The Labute approximate surface area is 145 Å². The van der Waals surface area contributed by atoms with Crippen LogP contribution in [-0.2, 0) is 4.79 Å². The number of carboxylic acid groups (broad SMARTS) is 1. The Kier molecular flexibility index (Phi) is 4.61. The monoisotopic (exact) mass is 346 g/mol. The number of hydrogen-bond acceptors (Lipinski definition) is 6. The SMILES string of the molecule is [B]C1CC1c1ccc(OC2CN(C(=O)C(N)CO)C2)c(C(=O)O)c1O. The van der Waals surface area contributed by atoms with Gasteiger partial charge in [0.1, 0.15) is 29.2 Å². The third kappa shape index (κ3) is 3.29. The highest BCUT2D eigenvalue weighted by Gasteiger charge is 2.38. The van der Waals surface area contributed by atoms with E-state index in [1.54, 1.807) is 6.07 Å². The molecule has 1 heterocycles. The highest BCUT2D eigenvalue weighted by Crippen LogP contribution is 2.54. The van der Waals surface area contributed by atoms with Crippen molar-refractivity contribution in [3.63, 3.8) is 0 Å². The number of carboxylic acids is 1. The molecular weight excluding hydrogens is 327 g/mol. The van der Waals surface area contributed by atoms with Crippen LogP contribution < -0.4 is 10.5 Å². The third-order valence-electron chi connectivity index (χ3n) is 4.59. The van der Waals surface area contributed by atoms with Crippen LogP contribution in [0.15, 0.2) is 12.1 Å². The lowest BCUT2D eigenvalue weighted by Crippen LogP contribution is -2.60. The molecule has 3 atom stereocenters. The standard InChI is InChI=1S/C16H19BN2O6/c17-10-3-9(10)8-1-2-12(13(14(8)21)16(23)24)25-7-4-19(5-7)15(22)11(18)6-20/h1-2,7,9-11,20-21H,3-6,18H2,(H,23,24). The minimum Gasteiger partial charge on any atom is -0.507 e. The molecule has 5 N–H and O–H groups in total. The van der Waals surface area contributed by atoms with Crippen molar-refractivity contribution in [3.05, 3.63) is 23.3 Å². The second kappa shape index (κ2) is 6.57. The number of nitrogens with two attached hydrogens (primary N) is 1. The second-order valence-electron chi connectivity index (χ2n) is 6.46. The molecule has 0 aromatic heterocycles. The molecule has 0 bridgehead atoms. The number of benzene rings is 1. The first kappa shape index (κ1) is 17.6. The van der Waals surface area contributed by atoms with Crippen molar-refractivity contribution in [2.45, 2.75) is 30.3 Å². The Hall–Kier alpha value is -2.26. The number of aliphatic hydroxyl groups excluding tert-OH is 1. The first-order valence-electron chi connectivity index (χ1n) is 8.00. The van der Waals surface area contributed by atoms with Crippen LogP contribution in [0.2, 0.25) is 5.82 Å². The number of aromatic hydroxyl groups is 1. The summed E-state index contributed by atoms with van der Waals surface area (Å²) in [6.07, 6.45) is 0.304. The molecule has 1 amide bonds. The first-order chi connectivity index (χ1) is 11.8. The normalized spacial score (nSPS) is 23.7. The predicted molar refractivity (Wildman–Crippen MR) is 88.0 cm³/mol. The van der Waals surface area contributed by atoms with Crippen LogP contribution in [-0.4, -0.2) is 71.8 Å². The topological polar surface area (TPSA) is 133 Å². The van der Waals surface area contributed by atoms with Gasteiger partial charge >= 0.3 is 5.97 Å². The Bertz CT molecular complexity index is 706. The van der Waals surface area contributed by atoms with Crippen molar-refractivity contribution in [1.29, 1.82) is 0 Å². The van der Waals surface area contributed by atoms with Crippen LogP contribution in [0.3, 0.4) is 0 Å². The molecule has 1 aliphatic carbocycles. The fourth-order valence-corrected chi connectivity index (χ4v) is 2.95. The maximum Gasteiger partial charge on any atom is 0.343 e. The molecule has 9 heteroatoms. The van der Waals surface area contributed by atoms with Gasteiger partial charge in [-0.1, -0.05) is 18.3 Å². The van der Waals surface area contributed by atoms with Crippen LogP contribution in [0.25, 0.3) is 0 Å². The molecular formula is C16H19BN2O6. The smallest absolute Gasteiger partial charge is 0.343 e. The molecule has 25 heavy (non-hydrogen) atoms. The van der Waals surface area contributed by atoms with Crippen LogP contribution in [0.4, 0.5) is 0 Å². The molecule has 1 aromatic carbocycles. The predicted octanol–water partition coefficient (Wildman–Crippen LogP) is -0.556. The molecule has 8 nitrogen and oxygen atoms in total. The minimum atomic E-state index is -1.29. The van der Waals surface area contributed by atoms with E-state index < -0.39 is 24.7 Å². The summed E-state index contributed by atoms with van der Waals surface area (Å²) >= 11 is 0. The average Bonchev–Trinajstić information content (AvgIpc) is 3.25. The van der Waals surface area contributed by atoms with Gasteiger partial charge in [0.05, 0.1) is 27.5 Å². The molecule has 1 aliphatic heterocycles. The summed E-state index contributed by atoms with van der Waals surface area (Å²) in [5, 5.41) is 28.6. The number of hydrogen-bond donors (Lipinski definition) is 4. The number of phenols is 1. The molecule has 0 spiro atoms. The van der Waals surface area contributed by atoms with E-state index in [2.05, 4.69) is 0 Å². The summed E-state index contributed by atoms with van der Waals surface area (Å²) in [6.45, 7) is 0.0336. The quantitative estimate of drug-likeness (QED) is 0.508. The summed E-state index contributed by atoms with van der Waals surface area (Å²) in [7, 11) is 5.77. The molecule has 3 unspecified atom stereocenters. The van der Waals surface area contributed by atoms with Crippen molar-refractivity contribution < 1.29 is 29.6 Å². The van der Waals surface area contributed by atoms with E-state index in [1.165, 1.54) is 11.0 Å². The van der Waals surface area contributed by atoms with Crippen molar-refractivity contribution in [2.24, 2.45) is 5.73 Å². The zero-order valence-corrected chi connectivity index (χ0v) is 13.5. The zero-order valence-electron chi connectivity index (χ0n) is 13.5. The van der Waals surface area contributed by atoms with Gasteiger partial charge in [-0.05, 0) is 17.5 Å². The molecule has 1 aromatic rings. The van der Waals surface area contributed by atoms with E-state index in [4.69, 9.17) is 23.4 Å². The van der Waals surface area contributed by atoms with Gasteiger partial charge in [0, 0.05) is 0 Å². The Balaban J connectivity index is 1.70. The first-order valence-corrected chi connectivity index (χ1v) is 8.00. The van der Waals surface area contributed by atoms with Gasteiger partial charge < -0.3 is 30.7 Å². The third-order valence-corrected chi connectivity index (χ3v) is 4.59.